The standard InChI is InChI=1S/C18H32N4O4S2/c1-13(2)8-9-15(23)21-17(25)19-10-11-27-28-12-16(24)22-18(26)20-14-6-4-3-5-7-14/h13-14H,3-12H2,1-2H3,(H2,19,21,23,25)(H2,20,22,24,26). The van der Waals surface area contributed by atoms with Gasteiger partial charge in [-0.25, -0.2) is 9.59 Å². The number of hydrogen-bond acceptors (Lipinski definition) is 6. The number of hydrogen-bond donors (Lipinski definition) is 4. The molecule has 10 heteroatoms. The smallest absolute Gasteiger partial charge is 0.321 e. The van der Waals surface area contributed by atoms with Crippen molar-refractivity contribution in [2.45, 2.75) is 64.8 Å². The summed E-state index contributed by atoms with van der Waals surface area (Å²) in [5.41, 5.74) is 0. The minimum absolute atomic E-state index is 0.155. The molecule has 1 aliphatic carbocycles. The second-order valence-corrected chi connectivity index (χ2v) is 9.76. The molecule has 0 aliphatic heterocycles. The topological polar surface area (TPSA) is 116 Å². The molecule has 0 aromatic rings. The Morgan fingerprint density at radius 1 is 0.929 bits per heavy atom. The van der Waals surface area contributed by atoms with Crippen LogP contribution in [0.15, 0.2) is 0 Å². The summed E-state index contributed by atoms with van der Waals surface area (Å²) in [5, 5.41) is 10.1. The van der Waals surface area contributed by atoms with Gasteiger partial charge in [-0.2, -0.15) is 0 Å². The number of imide groups is 2. The van der Waals surface area contributed by atoms with Gasteiger partial charge in [-0.3, -0.25) is 20.2 Å². The van der Waals surface area contributed by atoms with Crippen LogP contribution in [-0.2, 0) is 9.59 Å². The van der Waals surface area contributed by atoms with Gasteiger partial charge in [-0.15, -0.1) is 0 Å². The fourth-order valence-electron chi connectivity index (χ4n) is 2.64. The average molecular weight is 433 g/mol. The molecule has 0 heterocycles. The first-order valence-corrected chi connectivity index (χ1v) is 12.3. The molecule has 0 saturated heterocycles. The van der Waals surface area contributed by atoms with Crippen LogP contribution in [-0.4, -0.2) is 48.0 Å². The van der Waals surface area contributed by atoms with Gasteiger partial charge < -0.3 is 10.6 Å². The van der Waals surface area contributed by atoms with Gasteiger partial charge in [0.1, 0.15) is 0 Å². The van der Waals surface area contributed by atoms with Crippen molar-refractivity contribution in [2.24, 2.45) is 5.92 Å². The highest BCUT2D eigenvalue weighted by Gasteiger charge is 2.16. The van der Waals surface area contributed by atoms with E-state index >= 15 is 0 Å². The molecule has 0 atom stereocenters. The molecule has 160 valence electrons. The lowest BCUT2D eigenvalue weighted by Gasteiger charge is -2.22. The maximum Gasteiger partial charge on any atom is 0.321 e. The van der Waals surface area contributed by atoms with Crippen molar-refractivity contribution in [3.63, 3.8) is 0 Å². The zero-order valence-electron chi connectivity index (χ0n) is 16.7. The lowest BCUT2D eigenvalue weighted by Crippen LogP contribution is -2.45. The summed E-state index contributed by atoms with van der Waals surface area (Å²) in [6.07, 6.45) is 6.45. The number of nitrogens with one attached hydrogen (secondary N) is 4. The van der Waals surface area contributed by atoms with Crippen molar-refractivity contribution in [1.82, 2.24) is 21.3 Å². The van der Waals surface area contributed by atoms with E-state index in [-0.39, 0.29) is 23.6 Å². The number of rotatable bonds is 10. The third kappa shape index (κ3) is 12.9. The molecule has 0 bridgehead atoms. The zero-order chi connectivity index (χ0) is 20.8. The normalized spacial score (nSPS) is 14.4. The Morgan fingerprint density at radius 2 is 1.61 bits per heavy atom. The molecule has 1 aliphatic rings. The largest absolute Gasteiger partial charge is 0.337 e. The lowest BCUT2D eigenvalue weighted by molar-refractivity contribution is -0.120. The van der Waals surface area contributed by atoms with Crippen LogP contribution in [0.2, 0.25) is 0 Å². The van der Waals surface area contributed by atoms with Crippen molar-refractivity contribution < 1.29 is 19.2 Å². The molecule has 8 nitrogen and oxygen atoms in total. The molecule has 0 unspecified atom stereocenters. The maximum absolute atomic E-state index is 11.8. The van der Waals surface area contributed by atoms with E-state index in [1.165, 1.54) is 28.0 Å². The second-order valence-electron chi connectivity index (χ2n) is 7.18. The SMILES string of the molecule is CC(C)CCC(=O)NC(=O)NCCSSCC(=O)NC(=O)NC1CCCCC1. The van der Waals surface area contributed by atoms with Gasteiger partial charge >= 0.3 is 12.1 Å². The predicted octanol–water partition coefficient (Wildman–Crippen LogP) is 2.79. The summed E-state index contributed by atoms with van der Waals surface area (Å²) in [6.45, 7) is 4.42. The Bertz CT molecular complexity index is 526. The first-order chi connectivity index (χ1) is 13.4. The predicted molar refractivity (Wildman–Crippen MR) is 114 cm³/mol. The first kappa shape index (κ1) is 24.6. The van der Waals surface area contributed by atoms with Gasteiger partial charge in [0.25, 0.3) is 0 Å². The molecular weight excluding hydrogens is 400 g/mol. The van der Waals surface area contributed by atoms with E-state index in [1.807, 2.05) is 13.8 Å². The van der Waals surface area contributed by atoms with Crippen molar-refractivity contribution in [2.75, 3.05) is 18.1 Å². The fraction of sp³-hybridized carbons (Fsp3) is 0.778. The highest BCUT2D eigenvalue weighted by molar-refractivity contribution is 8.76. The molecular formula is C18H32N4O4S2. The quantitative estimate of drug-likeness (QED) is 0.312. The second kappa shape index (κ2) is 14.6. The van der Waals surface area contributed by atoms with Crippen LogP contribution >= 0.6 is 21.6 Å². The molecule has 0 aromatic heterocycles. The Balaban J connectivity index is 1.99. The third-order valence-corrected chi connectivity index (χ3v) is 6.41. The fourth-order valence-corrected chi connectivity index (χ4v) is 4.39. The summed E-state index contributed by atoms with van der Waals surface area (Å²) in [6, 6.07) is -0.766. The molecule has 1 fully saturated rings. The molecule has 0 aromatic carbocycles. The van der Waals surface area contributed by atoms with Crippen LogP contribution in [0.5, 0.6) is 0 Å². The minimum atomic E-state index is -0.503. The Hall–Kier alpha value is -1.42. The van der Waals surface area contributed by atoms with Gasteiger partial charge in [-0.1, -0.05) is 54.7 Å². The van der Waals surface area contributed by atoms with E-state index in [0.29, 0.717) is 24.6 Å². The third-order valence-electron chi connectivity index (χ3n) is 4.14. The maximum atomic E-state index is 11.8. The van der Waals surface area contributed by atoms with E-state index in [1.54, 1.807) is 0 Å². The number of carbonyl (C=O) groups excluding carboxylic acids is 4. The van der Waals surface area contributed by atoms with E-state index in [9.17, 15) is 19.2 Å². The molecule has 1 saturated carbocycles. The zero-order valence-corrected chi connectivity index (χ0v) is 18.3. The number of amides is 6. The van der Waals surface area contributed by atoms with Crippen LogP contribution in [0.3, 0.4) is 0 Å². The van der Waals surface area contributed by atoms with Gasteiger partial charge in [0.05, 0.1) is 5.75 Å². The van der Waals surface area contributed by atoms with Crippen molar-refractivity contribution >= 4 is 45.5 Å². The number of urea groups is 2. The van der Waals surface area contributed by atoms with E-state index in [0.717, 1.165) is 32.1 Å². The van der Waals surface area contributed by atoms with Crippen LogP contribution in [0.1, 0.15) is 58.8 Å². The van der Waals surface area contributed by atoms with Crippen LogP contribution in [0, 0.1) is 5.92 Å². The summed E-state index contributed by atoms with van der Waals surface area (Å²) in [4.78, 5) is 46.6. The Morgan fingerprint density at radius 3 is 2.29 bits per heavy atom. The molecule has 0 spiro atoms. The minimum Gasteiger partial charge on any atom is -0.337 e. The van der Waals surface area contributed by atoms with Gasteiger partial charge in [0, 0.05) is 24.8 Å². The van der Waals surface area contributed by atoms with E-state index in [4.69, 9.17) is 0 Å². The van der Waals surface area contributed by atoms with E-state index < -0.39 is 12.1 Å². The van der Waals surface area contributed by atoms with Gasteiger partial charge in [-0.05, 0) is 25.2 Å². The molecule has 0 radical (unpaired) electrons. The van der Waals surface area contributed by atoms with Crippen molar-refractivity contribution in [3.05, 3.63) is 0 Å². The van der Waals surface area contributed by atoms with Crippen LogP contribution < -0.4 is 21.3 Å². The van der Waals surface area contributed by atoms with Crippen LogP contribution in [0.4, 0.5) is 9.59 Å². The summed E-state index contributed by atoms with van der Waals surface area (Å²) < 4.78 is 0. The summed E-state index contributed by atoms with van der Waals surface area (Å²) in [5.74, 6) is 0.532. The van der Waals surface area contributed by atoms with Crippen LogP contribution in [0.25, 0.3) is 0 Å². The molecule has 6 amide bonds. The van der Waals surface area contributed by atoms with E-state index in [2.05, 4.69) is 21.3 Å². The van der Waals surface area contributed by atoms with Gasteiger partial charge in [0.15, 0.2) is 0 Å². The molecule has 4 N–H and O–H groups in total. The highest BCUT2D eigenvalue weighted by atomic mass is 33.1. The van der Waals surface area contributed by atoms with Gasteiger partial charge in [0.2, 0.25) is 11.8 Å². The van der Waals surface area contributed by atoms with Crippen molar-refractivity contribution in [1.29, 1.82) is 0 Å². The Kier molecular flexibility index (Phi) is 12.8. The number of carbonyl (C=O) groups is 4. The first-order valence-electron chi connectivity index (χ1n) is 9.79. The van der Waals surface area contributed by atoms with Crippen molar-refractivity contribution in [3.8, 4) is 0 Å². The average Bonchev–Trinajstić information content (AvgIpc) is 2.63. The monoisotopic (exact) mass is 432 g/mol. The summed E-state index contributed by atoms with van der Waals surface area (Å²) in [7, 11) is 2.73. The molecule has 1 rings (SSSR count). The lowest BCUT2D eigenvalue weighted by atomic mass is 9.96. The Labute approximate surface area is 174 Å². The summed E-state index contributed by atoms with van der Waals surface area (Å²) >= 11 is 0. The highest BCUT2D eigenvalue weighted by Crippen LogP contribution is 2.20. The molecule has 28 heavy (non-hydrogen) atoms.